The van der Waals surface area contributed by atoms with E-state index in [1.165, 1.54) is 51.4 Å². The van der Waals surface area contributed by atoms with Gasteiger partial charge < -0.3 is 24.8 Å². The van der Waals surface area contributed by atoms with Crippen molar-refractivity contribution in [3.63, 3.8) is 0 Å². The molecule has 0 amide bonds. The number of unbranched alkanes of at least 4 members (excludes halogenated alkanes) is 9. The monoisotopic (exact) mass is 372 g/mol. The maximum Gasteiger partial charge on any atom is 0.114 e. The predicted octanol–water partition coefficient (Wildman–Crippen LogP) is 3.35. The maximum absolute atomic E-state index is 9.85. The molecule has 0 aromatic heterocycles. The number of aliphatic hydroxyl groups excluding tert-OH is 3. The van der Waals surface area contributed by atoms with Crippen molar-refractivity contribution in [3.8, 4) is 0 Å². The molecule has 0 spiro atoms. The minimum absolute atomic E-state index is 0.147. The van der Waals surface area contributed by atoms with Gasteiger partial charge in [0.2, 0.25) is 0 Å². The van der Waals surface area contributed by atoms with Crippen molar-refractivity contribution < 1.29 is 24.8 Å². The largest absolute Gasteiger partial charge is 0.394 e. The van der Waals surface area contributed by atoms with Crippen LogP contribution in [0.25, 0.3) is 0 Å². The van der Waals surface area contributed by atoms with Gasteiger partial charge >= 0.3 is 0 Å². The lowest BCUT2D eigenvalue weighted by molar-refractivity contribution is -0.0937. The van der Waals surface area contributed by atoms with E-state index < -0.39 is 24.4 Å². The van der Waals surface area contributed by atoms with Crippen LogP contribution in [0.5, 0.6) is 0 Å². The molecule has 1 aliphatic heterocycles. The highest BCUT2D eigenvalue weighted by Gasteiger charge is 2.40. The van der Waals surface area contributed by atoms with Crippen LogP contribution in [0.15, 0.2) is 12.2 Å². The zero-order valence-corrected chi connectivity index (χ0v) is 16.5. The van der Waals surface area contributed by atoms with Crippen LogP contribution in [0.4, 0.5) is 0 Å². The van der Waals surface area contributed by atoms with Crippen molar-refractivity contribution in [2.24, 2.45) is 0 Å². The molecule has 0 bridgehead atoms. The second-order valence-electron chi connectivity index (χ2n) is 7.33. The summed E-state index contributed by atoms with van der Waals surface area (Å²) in [5, 5.41) is 28.6. The van der Waals surface area contributed by atoms with Crippen LogP contribution in [-0.2, 0) is 9.47 Å². The highest BCUT2D eigenvalue weighted by molar-refractivity contribution is 4.89. The van der Waals surface area contributed by atoms with E-state index in [1.807, 2.05) is 0 Å². The fourth-order valence-electron chi connectivity index (χ4n) is 3.30. The fourth-order valence-corrected chi connectivity index (χ4v) is 3.30. The minimum Gasteiger partial charge on any atom is -0.394 e. The number of rotatable bonds is 16. The molecule has 1 saturated heterocycles. The third-order valence-electron chi connectivity index (χ3n) is 4.95. The van der Waals surface area contributed by atoms with Crippen molar-refractivity contribution in [2.75, 3.05) is 19.8 Å². The molecule has 1 heterocycles. The lowest BCUT2D eigenvalue weighted by atomic mass is 10.1. The van der Waals surface area contributed by atoms with Crippen LogP contribution < -0.4 is 0 Å². The van der Waals surface area contributed by atoms with Gasteiger partial charge in [0.05, 0.1) is 13.2 Å². The van der Waals surface area contributed by atoms with Gasteiger partial charge in [-0.2, -0.15) is 0 Å². The lowest BCUT2D eigenvalue weighted by Gasteiger charge is -2.23. The molecule has 1 aliphatic rings. The second-order valence-corrected chi connectivity index (χ2v) is 7.33. The smallest absolute Gasteiger partial charge is 0.114 e. The van der Waals surface area contributed by atoms with Crippen LogP contribution >= 0.6 is 0 Å². The Morgan fingerprint density at radius 2 is 1.62 bits per heavy atom. The summed E-state index contributed by atoms with van der Waals surface area (Å²) < 4.78 is 11.0. The van der Waals surface area contributed by atoms with Crippen LogP contribution in [0, 0.1) is 0 Å². The molecule has 4 atom stereocenters. The molecule has 1 fully saturated rings. The lowest BCUT2D eigenvalue weighted by Crippen LogP contribution is -2.42. The van der Waals surface area contributed by atoms with Crippen LogP contribution in [0.3, 0.4) is 0 Å². The second kappa shape index (κ2) is 15.6. The zero-order chi connectivity index (χ0) is 19.0. The van der Waals surface area contributed by atoms with Crippen molar-refractivity contribution in [1.82, 2.24) is 0 Å². The summed E-state index contributed by atoms with van der Waals surface area (Å²) in [6.07, 6.45) is 15.2. The topological polar surface area (TPSA) is 79.2 Å². The van der Waals surface area contributed by atoms with Gasteiger partial charge in [-0.25, -0.2) is 0 Å². The number of hydrogen-bond acceptors (Lipinski definition) is 5. The predicted molar refractivity (Wildman–Crippen MR) is 104 cm³/mol. The molecular formula is C21H40O5. The Morgan fingerprint density at radius 1 is 1.00 bits per heavy atom. The molecular weight excluding hydrogens is 332 g/mol. The molecule has 0 unspecified atom stereocenters. The molecule has 0 saturated carbocycles. The Kier molecular flexibility index (Phi) is 14.1. The van der Waals surface area contributed by atoms with Gasteiger partial charge in [-0.05, 0) is 32.1 Å². The van der Waals surface area contributed by atoms with Gasteiger partial charge in [-0.15, -0.1) is 0 Å². The molecule has 0 radical (unpaired) electrons. The Balaban J connectivity index is 1.95. The quantitative estimate of drug-likeness (QED) is 0.286. The van der Waals surface area contributed by atoms with Gasteiger partial charge in [0.1, 0.15) is 24.4 Å². The van der Waals surface area contributed by atoms with Crippen LogP contribution in [0.1, 0.15) is 77.6 Å². The highest BCUT2D eigenvalue weighted by Crippen LogP contribution is 2.21. The highest BCUT2D eigenvalue weighted by atomic mass is 16.6. The van der Waals surface area contributed by atoms with Gasteiger partial charge in [0.25, 0.3) is 0 Å². The van der Waals surface area contributed by atoms with Crippen LogP contribution in [-0.4, -0.2) is 59.6 Å². The van der Waals surface area contributed by atoms with E-state index >= 15 is 0 Å². The molecule has 5 heteroatoms. The summed E-state index contributed by atoms with van der Waals surface area (Å²) in [6.45, 7) is 2.54. The van der Waals surface area contributed by atoms with E-state index in [-0.39, 0.29) is 13.2 Å². The maximum atomic E-state index is 9.85. The first-order chi connectivity index (χ1) is 12.7. The first kappa shape index (κ1) is 23.6. The van der Waals surface area contributed by atoms with E-state index in [0.29, 0.717) is 6.61 Å². The third kappa shape index (κ3) is 10.0. The Labute approximate surface area is 159 Å². The number of allylic oxidation sites excluding steroid dienone is 2. The first-order valence-corrected chi connectivity index (χ1v) is 10.6. The third-order valence-corrected chi connectivity index (χ3v) is 4.95. The molecule has 154 valence electrons. The van der Waals surface area contributed by atoms with Crippen molar-refractivity contribution in [1.29, 1.82) is 0 Å². The normalized spacial score (nSPS) is 24.5. The summed E-state index contributed by atoms with van der Waals surface area (Å²) in [6, 6.07) is 0. The number of ether oxygens (including phenoxy) is 2. The summed E-state index contributed by atoms with van der Waals surface area (Å²) >= 11 is 0. The Bertz CT molecular complexity index is 347. The molecule has 0 aliphatic carbocycles. The fraction of sp³-hybridized carbons (Fsp3) is 0.905. The number of aliphatic hydroxyl groups is 3. The van der Waals surface area contributed by atoms with E-state index in [0.717, 1.165) is 19.3 Å². The van der Waals surface area contributed by atoms with Gasteiger partial charge in [0, 0.05) is 6.61 Å². The summed E-state index contributed by atoms with van der Waals surface area (Å²) in [4.78, 5) is 0. The molecule has 5 nitrogen and oxygen atoms in total. The molecule has 0 aromatic rings. The van der Waals surface area contributed by atoms with Crippen molar-refractivity contribution in [3.05, 3.63) is 12.2 Å². The summed E-state index contributed by atoms with van der Waals surface area (Å²) in [5.74, 6) is 0. The standard InChI is InChI=1S/C21H40O5/c1-2-3-4-5-6-7-8-9-10-11-12-13-14-15-25-21-19(24)17-26-20(21)18(23)16-22/h10-11,18-24H,2-9,12-17H2,1H3/b11-10+/t18-,19+,20+,21+/m0/s1. The van der Waals surface area contributed by atoms with Crippen molar-refractivity contribution in [2.45, 2.75) is 102 Å². The number of hydrogen-bond donors (Lipinski definition) is 3. The van der Waals surface area contributed by atoms with E-state index in [2.05, 4.69) is 19.1 Å². The molecule has 26 heavy (non-hydrogen) atoms. The van der Waals surface area contributed by atoms with Gasteiger partial charge in [0.15, 0.2) is 0 Å². The van der Waals surface area contributed by atoms with E-state index in [4.69, 9.17) is 14.6 Å². The summed E-state index contributed by atoms with van der Waals surface area (Å²) in [7, 11) is 0. The van der Waals surface area contributed by atoms with Gasteiger partial charge in [-0.3, -0.25) is 0 Å². The summed E-state index contributed by atoms with van der Waals surface area (Å²) in [5.41, 5.74) is 0. The average Bonchev–Trinajstić information content (AvgIpc) is 3.02. The molecule has 0 aromatic carbocycles. The Hall–Kier alpha value is -0.460. The Morgan fingerprint density at radius 3 is 2.27 bits per heavy atom. The average molecular weight is 373 g/mol. The minimum atomic E-state index is -1.01. The van der Waals surface area contributed by atoms with E-state index in [1.54, 1.807) is 0 Å². The van der Waals surface area contributed by atoms with Crippen LogP contribution in [0.2, 0.25) is 0 Å². The van der Waals surface area contributed by atoms with Crippen molar-refractivity contribution >= 4 is 0 Å². The first-order valence-electron chi connectivity index (χ1n) is 10.6. The van der Waals surface area contributed by atoms with E-state index in [9.17, 15) is 10.2 Å². The molecule has 1 rings (SSSR count). The molecule has 3 N–H and O–H groups in total. The SMILES string of the molecule is CCCCCCCCC/C=C/CCCCO[C@H]1[C@@H]([C@@H](O)CO)OC[C@H]1O. The van der Waals surface area contributed by atoms with Gasteiger partial charge in [-0.1, -0.05) is 57.6 Å². The zero-order valence-electron chi connectivity index (χ0n) is 16.5.